The summed E-state index contributed by atoms with van der Waals surface area (Å²) in [6.07, 6.45) is 3.92. The summed E-state index contributed by atoms with van der Waals surface area (Å²) in [5.74, 6) is -0.595. The van der Waals surface area contributed by atoms with Crippen LogP contribution < -0.4 is 5.32 Å². The lowest BCUT2D eigenvalue weighted by molar-refractivity contribution is -0.137. The number of aromatic nitrogens is 1. The molecule has 1 aromatic rings. The quantitative estimate of drug-likeness (QED) is 0.822. The van der Waals surface area contributed by atoms with Gasteiger partial charge in [0, 0.05) is 12.7 Å². The van der Waals surface area contributed by atoms with Crippen molar-refractivity contribution < 1.29 is 14.7 Å². The Morgan fingerprint density at radius 3 is 2.68 bits per heavy atom. The summed E-state index contributed by atoms with van der Waals surface area (Å²) in [6, 6.07) is 3.33. The molecular formula is C14H20N2O3. The average molecular weight is 264 g/mol. The van der Waals surface area contributed by atoms with Crippen molar-refractivity contribution in [2.24, 2.45) is 11.3 Å². The van der Waals surface area contributed by atoms with Gasteiger partial charge in [0.1, 0.15) is 12.2 Å². The van der Waals surface area contributed by atoms with E-state index in [4.69, 9.17) is 5.11 Å². The maximum Gasteiger partial charge on any atom is 0.323 e. The van der Waals surface area contributed by atoms with Crippen LogP contribution in [0.1, 0.15) is 37.2 Å². The molecule has 1 aromatic heterocycles. The number of carboxylic acid groups (broad SMARTS) is 1. The summed E-state index contributed by atoms with van der Waals surface area (Å²) < 4.78 is 1.45. The molecule has 0 radical (unpaired) electrons. The number of carbonyl (C=O) groups excluding carboxylic acids is 1. The van der Waals surface area contributed by atoms with Gasteiger partial charge in [-0.1, -0.05) is 13.8 Å². The molecule has 1 aliphatic carbocycles. The van der Waals surface area contributed by atoms with Gasteiger partial charge in [0.2, 0.25) is 0 Å². The van der Waals surface area contributed by atoms with Crippen LogP contribution in [0.5, 0.6) is 0 Å². The van der Waals surface area contributed by atoms with Gasteiger partial charge in [0.25, 0.3) is 5.91 Å². The van der Waals surface area contributed by atoms with Gasteiger partial charge in [-0.25, -0.2) is 0 Å². The molecule has 0 aromatic carbocycles. The van der Waals surface area contributed by atoms with Crippen LogP contribution in [0.25, 0.3) is 0 Å². The number of nitrogens with one attached hydrogen (secondary N) is 1. The topological polar surface area (TPSA) is 71.3 Å². The van der Waals surface area contributed by atoms with Crippen molar-refractivity contribution in [3.63, 3.8) is 0 Å². The minimum absolute atomic E-state index is 0.189. The van der Waals surface area contributed by atoms with E-state index in [2.05, 4.69) is 19.2 Å². The second-order valence-corrected chi connectivity index (χ2v) is 5.61. The first-order valence-electron chi connectivity index (χ1n) is 6.60. The first kappa shape index (κ1) is 13.6. The monoisotopic (exact) mass is 264 g/mol. The Hall–Kier alpha value is -1.78. The zero-order chi connectivity index (χ0) is 14.0. The third-order valence-corrected chi connectivity index (χ3v) is 4.09. The summed E-state index contributed by atoms with van der Waals surface area (Å²) in [5.41, 5.74) is 0.654. The number of amides is 1. The molecule has 19 heavy (non-hydrogen) atoms. The highest BCUT2D eigenvalue weighted by Gasteiger charge is 2.45. The average Bonchev–Trinajstić information content (AvgIpc) is 3.00. The van der Waals surface area contributed by atoms with Crippen molar-refractivity contribution in [1.82, 2.24) is 9.88 Å². The van der Waals surface area contributed by atoms with Crippen LogP contribution in [0, 0.1) is 11.3 Å². The zero-order valence-corrected chi connectivity index (χ0v) is 11.3. The summed E-state index contributed by atoms with van der Waals surface area (Å²) >= 11 is 0. The molecular weight excluding hydrogens is 244 g/mol. The van der Waals surface area contributed by atoms with Crippen molar-refractivity contribution in [1.29, 1.82) is 0 Å². The van der Waals surface area contributed by atoms with Crippen molar-refractivity contribution >= 4 is 11.9 Å². The van der Waals surface area contributed by atoms with Crippen molar-refractivity contribution in [2.45, 2.75) is 33.2 Å². The molecule has 0 unspecified atom stereocenters. The predicted octanol–water partition coefficient (Wildman–Crippen LogP) is 1.74. The first-order valence-corrected chi connectivity index (χ1v) is 6.60. The SMILES string of the molecule is CC(C)C1(CNC(=O)c2cccn2CC(=O)O)CC1. The maximum absolute atomic E-state index is 12.1. The second-order valence-electron chi connectivity index (χ2n) is 5.61. The van der Waals surface area contributed by atoms with Crippen molar-refractivity contribution in [2.75, 3.05) is 6.54 Å². The fraction of sp³-hybridized carbons (Fsp3) is 0.571. The Bertz CT molecular complexity index is 487. The van der Waals surface area contributed by atoms with Crippen LogP contribution in [0.3, 0.4) is 0 Å². The lowest BCUT2D eigenvalue weighted by atomic mass is 9.92. The molecule has 2 rings (SSSR count). The number of hydrogen-bond donors (Lipinski definition) is 2. The molecule has 0 bridgehead atoms. The number of aliphatic carboxylic acids is 1. The highest BCUT2D eigenvalue weighted by Crippen LogP contribution is 2.51. The Morgan fingerprint density at radius 1 is 1.47 bits per heavy atom. The van der Waals surface area contributed by atoms with Crippen LogP contribution in [0.4, 0.5) is 0 Å². The standard InChI is InChI=1S/C14H20N2O3/c1-10(2)14(5-6-14)9-15-13(19)11-4-3-7-16(11)8-12(17)18/h3-4,7,10H,5-6,8-9H2,1-2H3,(H,15,19)(H,17,18). The molecule has 0 aliphatic heterocycles. The van der Waals surface area contributed by atoms with Gasteiger partial charge >= 0.3 is 5.97 Å². The fourth-order valence-electron chi connectivity index (χ4n) is 2.37. The molecule has 1 saturated carbocycles. The smallest absolute Gasteiger partial charge is 0.323 e. The van der Waals surface area contributed by atoms with E-state index >= 15 is 0 Å². The van der Waals surface area contributed by atoms with E-state index in [1.54, 1.807) is 18.3 Å². The van der Waals surface area contributed by atoms with Gasteiger partial charge in [-0.2, -0.15) is 0 Å². The van der Waals surface area contributed by atoms with Gasteiger partial charge in [0.05, 0.1) is 0 Å². The van der Waals surface area contributed by atoms with Crippen LogP contribution in [-0.4, -0.2) is 28.1 Å². The van der Waals surface area contributed by atoms with Gasteiger partial charge < -0.3 is 15.0 Å². The molecule has 2 N–H and O–H groups in total. The van der Waals surface area contributed by atoms with E-state index in [1.165, 1.54) is 4.57 Å². The van der Waals surface area contributed by atoms with Crippen molar-refractivity contribution in [3.05, 3.63) is 24.0 Å². The summed E-state index contributed by atoms with van der Waals surface area (Å²) in [5, 5.41) is 11.7. The van der Waals surface area contributed by atoms with E-state index in [0.717, 1.165) is 12.8 Å². The summed E-state index contributed by atoms with van der Waals surface area (Å²) in [6.45, 7) is 4.82. The summed E-state index contributed by atoms with van der Waals surface area (Å²) in [7, 11) is 0. The highest BCUT2D eigenvalue weighted by atomic mass is 16.4. The minimum Gasteiger partial charge on any atom is -0.480 e. The van der Waals surface area contributed by atoms with E-state index in [9.17, 15) is 9.59 Å². The fourth-order valence-corrected chi connectivity index (χ4v) is 2.37. The number of carbonyl (C=O) groups is 2. The molecule has 0 spiro atoms. The molecule has 104 valence electrons. The Kier molecular flexibility index (Phi) is 3.64. The molecule has 0 saturated heterocycles. The minimum atomic E-state index is -0.953. The van der Waals surface area contributed by atoms with E-state index < -0.39 is 5.97 Å². The zero-order valence-electron chi connectivity index (χ0n) is 11.3. The molecule has 1 heterocycles. The van der Waals surface area contributed by atoms with Gasteiger partial charge in [-0.05, 0) is 36.3 Å². The highest BCUT2D eigenvalue weighted by molar-refractivity contribution is 5.93. The number of hydrogen-bond acceptors (Lipinski definition) is 2. The Labute approximate surface area is 112 Å². The van der Waals surface area contributed by atoms with Crippen LogP contribution >= 0.6 is 0 Å². The van der Waals surface area contributed by atoms with Gasteiger partial charge in [-0.3, -0.25) is 9.59 Å². The van der Waals surface area contributed by atoms with E-state index in [-0.39, 0.29) is 17.9 Å². The van der Waals surface area contributed by atoms with Crippen LogP contribution in [-0.2, 0) is 11.3 Å². The number of nitrogens with zero attached hydrogens (tertiary/aromatic N) is 1. The molecule has 5 heteroatoms. The first-order chi connectivity index (χ1) is 8.94. The van der Waals surface area contributed by atoms with Gasteiger partial charge in [-0.15, -0.1) is 0 Å². The van der Waals surface area contributed by atoms with Crippen molar-refractivity contribution in [3.8, 4) is 0 Å². The Morgan fingerprint density at radius 2 is 2.16 bits per heavy atom. The third-order valence-electron chi connectivity index (χ3n) is 4.09. The van der Waals surface area contributed by atoms with E-state index in [1.807, 2.05) is 0 Å². The molecule has 0 atom stereocenters. The Balaban J connectivity index is 1.97. The summed E-state index contributed by atoms with van der Waals surface area (Å²) in [4.78, 5) is 22.8. The lowest BCUT2D eigenvalue weighted by Gasteiger charge is -2.20. The molecule has 5 nitrogen and oxygen atoms in total. The third kappa shape index (κ3) is 2.97. The lowest BCUT2D eigenvalue weighted by Crippen LogP contribution is -2.34. The molecule has 1 amide bonds. The largest absolute Gasteiger partial charge is 0.480 e. The molecule has 1 aliphatic rings. The normalized spacial score (nSPS) is 16.4. The number of rotatable bonds is 6. The van der Waals surface area contributed by atoms with Gasteiger partial charge in [0.15, 0.2) is 0 Å². The van der Waals surface area contributed by atoms with Crippen LogP contribution in [0.2, 0.25) is 0 Å². The maximum atomic E-state index is 12.1. The van der Waals surface area contributed by atoms with Crippen LogP contribution in [0.15, 0.2) is 18.3 Å². The second kappa shape index (κ2) is 5.07. The van der Waals surface area contributed by atoms with E-state index in [0.29, 0.717) is 18.2 Å². The predicted molar refractivity (Wildman–Crippen MR) is 70.9 cm³/mol. The molecule has 1 fully saturated rings. The number of carboxylic acids is 1.